The highest BCUT2D eigenvalue weighted by atomic mass is 16.4. The summed E-state index contributed by atoms with van der Waals surface area (Å²) in [4.78, 5) is 12.9. The van der Waals surface area contributed by atoms with Crippen LogP contribution in [-0.2, 0) is 0 Å². The average molecular weight is 221 g/mol. The van der Waals surface area contributed by atoms with Crippen molar-refractivity contribution in [3.05, 3.63) is 17.9 Å². The molecule has 0 aromatic carbocycles. The lowest BCUT2D eigenvalue weighted by Crippen LogP contribution is -2.36. The van der Waals surface area contributed by atoms with E-state index >= 15 is 0 Å². The summed E-state index contributed by atoms with van der Waals surface area (Å²) in [6, 6.07) is 4.24. The Morgan fingerprint density at radius 2 is 2.12 bits per heavy atom. The first kappa shape index (κ1) is 11.2. The van der Waals surface area contributed by atoms with Crippen molar-refractivity contribution in [1.82, 2.24) is 0 Å². The van der Waals surface area contributed by atoms with Gasteiger partial charge >= 0.3 is 0 Å². The Labute approximate surface area is 96.4 Å². The third-order valence-electron chi connectivity index (χ3n) is 3.37. The summed E-state index contributed by atoms with van der Waals surface area (Å²) in [5, 5.41) is 0. The second-order valence-electron chi connectivity index (χ2n) is 4.37. The van der Waals surface area contributed by atoms with E-state index in [4.69, 9.17) is 4.42 Å². The first-order valence-electron chi connectivity index (χ1n) is 6.16. The second-order valence-corrected chi connectivity index (χ2v) is 4.37. The summed E-state index contributed by atoms with van der Waals surface area (Å²) in [5.74, 6) is 1.26. The summed E-state index contributed by atoms with van der Waals surface area (Å²) in [7, 11) is 0. The molecule has 0 radical (unpaired) electrons. The third kappa shape index (κ3) is 2.29. The molecule has 1 fully saturated rings. The summed E-state index contributed by atoms with van der Waals surface area (Å²) in [5.41, 5.74) is 0. The molecular weight excluding hydrogens is 202 g/mol. The maximum absolute atomic E-state index is 10.6. The zero-order chi connectivity index (χ0) is 11.4. The van der Waals surface area contributed by atoms with Crippen LogP contribution in [-0.4, -0.2) is 18.9 Å². The quantitative estimate of drug-likeness (QED) is 0.732. The Kier molecular flexibility index (Phi) is 3.65. The number of nitrogens with zero attached hydrogens (tertiary/aromatic N) is 1. The number of hydrogen-bond donors (Lipinski definition) is 0. The van der Waals surface area contributed by atoms with E-state index in [1.807, 2.05) is 6.07 Å². The largest absolute Gasteiger partial charge is 0.438 e. The maximum atomic E-state index is 10.6. The van der Waals surface area contributed by atoms with Gasteiger partial charge in [0, 0.05) is 18.7 Å². The molecule has 0 saturated heterocycles. The van der Waals surface area contributed by atoms with Crippen LogP contribution in [0.2, 0.25) is 0 Å². The molecular formula is C13H19NO2. The minimum absolute atomic E-state index is 0.421. The van der Waals surface area contributed by atoms with Gasteiger partial charge in [0.05, 0.1) is 0 Å². The maximum Gasteiger partial charge on any atom is 0.196 e. The fraction of sp³-hybridized carbons (Fsp3) is 0.615. The zero-order valence-electron chi connectivity index (χ0n) is 9.82. The van der Waals surface area contributed by atoms with Gasteiger partial charge in [0.1, 0.15) is 0 Å². The lowest BCUT2D eigenvalue weighted by atomic mass is 9.94. The van der Waals surface area contributed by atoms with Gasteiger partial charge in [0.2, 0.25) is 0 Å². The molecule has 0 bridgehead atoms. The number of anilines is 1. The fourth-order valence-electron chi connectivity index (χ4n) is 2.55. The monoisotopic (exact) mass is 221 g/mol. The predicted molar refractivity (Wildman–Crippen MR) is 64.0 cm³/mol. The van der Waals surface area contributed by atoms with Crippen molar-refractivity contribution in [3.63, 3.8) is 0 Å². The van der Waals surface area contributed by atoms with Crippen LogP contribution in [0.5, 0.6) is 0 Å². The smallest absolute Gasteiger partial charge is 0.196 e. The van der Waals surface area contributed by atoms with E-state index in [0.29, 0.717) is 11.8 Å². The minimum Gasteiger partial charge on any atom is -0.438 e. The van der Waals surface area contributed by atoms with Crippen LogP contribution in [0.3, 0.4) is 0 Å². The number of hydrogen-bond acceptors (Lipinski definition) is 3. The predicted octanol–water partition coefficient (Wildman–Crippen LogP) is 3.25. The molecule has 0 unspecified atom stereocenters. The van der Waals surface area contributed by atoms with Crippen LogP contribution in [0.4, 0.5) is 5.88 Å². The molecule has 3 heteroatoms. The van der Waals surface area contributed by atoms with Gasteiger partial charge in [-0.2, -0.15) is 0 Å². The van der Waals surface area contributed by atoms with E-state index in [1.54, 1.807) is 6.07 Å². The first-order chi connectivity index (χ1) is 7.85. The lowest BCUT2D eigenvalue weighted by Gasteiger charge is -2.33. The van der Waals surface area contributed by atoms with Gasteiger partial charge in [-0.1, -0.05) is 19.3 Å². The summed E-state index contributed by atoms with van der Waals surface area (Å²) >= 11 is 0. The summed E-state index contributed by atoms with van der Waals surface area (Å²) in [6.45, 7) is 3.08. The Hall–Kier alpha value is -1.25. The molecule has 1 aliphatic rings. The number of carbonyl (C=O) groups excluding carboxylic acids is 1. The number of aldehydes is 1. The highest BCUT2D eigenvalue weighted by Crippen LogP contribution is 2.28. The molecule has 0 atom stereocenters. The van der Waals surface area contributed by atoms with Crippen molar-refractivity contribution in [1.29, 1.82) is 0 Å². The molecule has 1 aromatic rings. The van der Waals surface area contributed by atoms with Crippen LogP contribution >= 0.6 is 0 Å². The average Bonchev–Trinajstić information content (AvgIpc) is 2.80. The zero-order valence-corrected chi connectivity index (χ0v) is 9.82. The van der Waals surface area contributed by atoms with Crippen LogP contribution in [0.1, 0.15) is 49.6 Å². The lowest BCUT2D eigenvalue weighted by molar-refractivity contribution is 0.110. The van der Waals surface area contributed by atoms with Crippen molar-refractivity contribution in [2.24, 2.45) is 0 Å². The Balaban J connectivity index is 2.10. The van der Waals surface area contributed by atoms with Gasteiger partial charge < -0.3 is 9.32 Å². The Bertz CT molecular complexity index is 339. The standard InChI is InChI=1S/C13H19NO2/c1-2-14(11-6-4-3-5-7-11)13-9-8-12(10-15)16-13/h8-11H,2-7H2,1H3. The molecule has 0 spiro atoms. The molecule has 16 heavy (non-hydrogen) atoms. The molecule has 1 heterocycles. The first-order valence-corrected chi connectivity index (χ1v) is 6.16. The molecule has 88 valence electrons. The van der Waals surface area contributed by atoms with Gasteiger partial charge in [-0.05, 0) is 25.8 Å². The van der Waals surface area contributed by atoms with E-state index < -0.39 is 0 Å². The van der Waals surface area contributed by atoms with Crippen molar-refractivity contribution < 1.29 is 9.21 Å². The van der Waals surface area contributed by atoms with Crippen LogP contribution in [0.15, 0.2) is 16.5 Å². The van der Waals surface area contributed by atoms with Gasteiger partial charge in [0.15, 0.2) is 17.9 Å². The summed E-state index contributed by atoms with van der Waals surface area (Å²) < 4.78 is 5.50. The van der Waals surface area contributed by atoms with Crippen LogP contribution in [0, 0.1) is 0 Å². The van der Waals surface area contributed by atoms with Crippen molar-refractivity contribution in [3.8, 4) is 0 Å². The van der Waals surface area contributed by atoms with Gasteiger partial charge in [-0.3, -0.25) is 4.79 Å². The third-order valence-corrected chi connectivity index (χ3v) is 3.37. The number of furan rings is 1. The van der Waals surface area contributed by atoms with E-state index in [-0.39, 0.29) is 0 Å². The number of rotatable bonds is 4. The van der Waals surface area contributed by atoms with Gasteiger partial charge in [-0.25, -0.2) is 0 Å². The van der Waals surface area contributed by atoms with Gasteiger partial charge in [0.25, 0.3) is 0 Å². The normalized spacial score (nSPS) is 17.3. The van der Waals surface area contributed by atoms with E-state index in [1.165, 1.54) is 32.1 Å². The number of carbonyl (C=O) groups is 1. The molecule has 3 nitrogen and oxygen atoms in total. The molecule has 0 N–H and O–H groups in total. The SMILES string of the molecule is CCN(c1ccc(C=O)o1)C1CCCCC1. The highest BCUT2D eigenvalue weighted by Gasteiger charge is 2.22. The topological polar surface area (TPSA) is 33.5 Å². The summed E-state index contributed by atoms with van der Waals surface area (Å²) in [6.07, 6.45) is 7.21. The molecule has 0 aliphatic heterocycles. The molecule has 1 aliphatic carbocycles. The molecule has 1 aromatic heterocycles. The van der Waals surface area contributed by atoms with Crippen molar-refractivity contribution >= 4 is 12.2 Å². The van der Waals surface area contributed by atoms with Gasteiger partial charge in [-0.15, -0.1) is 0 Å². The van der Waals surface area contributed by atoms with Crippen LogP contribution < -0.4 is 4.90 Å². The van der Waals surface area contributed by atoms with E-state index in [2.05, 4.69) is 11.8 Å². The van der Waals surface area contributed by atoms with E-state index in [0.717, 1.165) is 18.7 Å². The van der Waals surface area contributed by atoms with Crippen molar-refractivity contribution in [2.75, 3.05) is 11.4 Å². The van der Waals surface area contributed by atoms with Crippen molar-refractivity contribution in [2.45, 2.75) is 45.1 Å². The minimum atomic E-state index is 0.421. The second kappa shape index (κ2) is 5.19. The molecule has 0 amide bonds. The molecule has 2 rings (SSSR count). The fourth-order valence-corrected chi connectivity index (χ4v) is 2.55. The van der Waals surface area contributed by atoms with E-state index in [9.17, 15) is 4.79 Å². The molecule has 1 saturated carbocycles. The van der Waals surface area contributed by atoms with Crippen LogP contribution in [0.25, 0.3) is 0 Å². The Morgan fingerprint density at radius 3 is 2.69 bits per heavy atom. The Morgan fingerprint density at radius 1 is 1.38 bits per heavy atom. The highest BCUT2D eigenvalue weighted by molar-refractivity contribution is 5.71.